The zero-order chi connectivity index (χ0) is 15.5. The van der Waals surface area contributed by atoms with Crippen molar-refractivity contribution in [1.82, 2.24) is 4.90 Å². The smallest absolute Gasteiger partial charge is 0.343 e. The number of fused-ring (bicyclic) bond motifs is 1. The highest BCUT2D eigenvalue weighted by molar-refractivity contribution is 6.62. The second-order valence-corrected chi connectivity index (χ2v) is 6.69. The molecule has 22 heavy (non-hydrogen) atoms. The van der Waals surface area contributed by atoms with Crippen molar-refractivity contribution >= 4 is 13.2 Å². The standard InChI is InChI=1S/C15H19BN2O4/c17-3-4-18-6-8(7-18)22-10-2-1-9(15-5-11(15)16-15)13(19)12(10)14(20)21/h1-2,8,11,16,19H,3-7,17H2,(H,20,21). The monoisotopic (exact) mass is 302 g/mol. The number of carbonyl (C=O) groups is 1. The first-order valence-corrected chi connectivity index (χ1v) is 7.74. The minimum Gasteiger partial charge on any atom is -0.507 e. The summed E-state index contributed by atoms with van der Waals surface area (Å²) in [4.78, 5) is 13.7. The lowest BCUT2D eigenvalue weighted by molar-refractivity contribution is 0.0210. The summed E-state index contributed by atoms with van der Waals surface area (Å²) in [5.41, 5.74) is 6.18. The van der Waals surface area contributed by atoms with E-state index in [4.69, 9.17) is 10.5 Å². The van der Waals surface area contributed by atoms with E-state index in [-0.39, 0.29) is 28.5 Å². The Hall–Kier alpha value is -1.73. The molecule has 6 nitrogen and oxygen atoms in total. The van der Waals surface area contributed by atoms with Gasteiger partial charge in [0.2, 0.25) is 0 Å². The molecule has 2 heterocycles. The van der Waals surface area contributed by atoms with Crippen LogP contribution >= 0.6 is 0 Å². The average Bonchev–Trinajstić information content (AvgIpc) is 3.25. The first-order chi connectivity index (χ1) is 10.5. The van der Waals surface area contributed by atoms with E-state index in [9.17, 15) is 15.0 Å². The van der Waals surface area contributed by atoms with Crippen LogP contribution in [0.1, 0.15) is 22.3 Å². The van der Waals surface area contributed by atoms with Gasteiger partial charge in [-0.25, -0.2) is 4.79 Å². The second kappa shape index (κ2) is 4.63. The summed E-state index contributed by atoms with van der Waals surface area (Å²) in [7, 11) is 1.07. The minimum atomic E-state index is -1.14. The SMILES string of the molecule is NCCN1CC(Oc2ccc(C34BC3C4)c(O)c2C(=O)O)C1. The number of aromatic hydroxyl groups is 1. The Kier molecular flexibility index (Phi) is 2.93. The molecule has 0 spiro atoms. The molecule has 2 unspecified atom stereocenters. The lowest BCUT2D eigenvalue weighted by Gasteiger charge is -2.39. The highest BCUT2D eigenvalue weighted by Crippen LogP contribution is 2.75. The predicted octanol–water partition coefficient (Wildman–Crippen LogP) is -0.0503. The Balaban J connectivity index is 1.55. The second-order valence-electron chi connectivity index (χ2n) is 6.69. The fourth-order valence-electron chi connectivity index (χ4n) is 3.56. The zero-order valence-corrected chi connectivity index (χ0v) is 12.3. The predicted molar refractivity (Wildman–Crippen MR) is 82.2 cm³/mol. The van der Waals surface area contributed by atoms with Crippen LogP contribution in [-0.4, -0.2) is 60.6 Å². The van der Waals surface area contributed by atoms with E-state index in [1.165, 1.54) is 0 Å². The summed E-state index contributed by atoms with van der Waals surface area (Å²) in [6.07, 6.45) is 1.03. The Morgan fingerprint density at radius 3 is 2.73 bits per heavy atom. The number of rotatable bonds is 6. The van der Waals surface area contributed by atoms with Gasteiger partial charge in [-0.15, -0.1) is 0 Å². The van der Waals surface area contributed by atoms with Gasteiger partial charge in [0.25, 0.3) is 0 Å². The van der Waals surface area contributed by atoms with E-state index in [1.54, 1.807) is 6.07 Å². The van der Waals surface area contributed by atoms with Crippen LogP contribution in [0.2, 0.25) is 5.82 Å². The topological polar surface area (TPSA) is 96.0 Å². The highest BCUT2D eigenvalue weighted by atomic mass is 16.5. The quantitative estimate of drug-likeness (QED) is 0.638. The molecule has 1 aromatic rings. The van der Waals surface area contributed by atoms with Crippen molar-refractivity contribution in [3.63, 3.8) is 0 Å². The maximum atomic E-state index is 11.5. The maximum Gasteiger partial charge on any atom is 0.343 e. The molecule has 1 aliphatic carbocycles. The Bertz CT molecular complexity index is 639. The number of aromatic carboxylic acids is 1. The molecule has 4 N–H and O–H groups in total. The number of ether oxygens (including phenoxy) is 1. The number of benzene rings is 1. The van der Waals surface area contributed by atoms with Crippen LogP contribution in [0, 0.1) is 0 Å². The van der Waals surface area contributed by atoms with Gasteiger partial charge in [-0.2, -0.15) is 0 Å². The molecule has 2 atom stereocenters. The van der Waals surface area contributed by atoms with Gasteiger partial charge in [0.05, 0.1) is 0 Å². The van der Waals surface area contributed by atoms with Crippen molar-refractivity contribution in [3.8, 4) is 11.5 Å². The third kappa shape index (κ3) is 2.00. The fraction of sp³-hybridized carbons (Fsp3) is 0.533. The van der Waals surface area contributed by atoms with E-state index in [2.05, 4.69) is 4.90 Å². The van der Waals surface area contributed by atoms with Crippen molar-refractivity contribution in [2.75, 3.05) is 26.2 Å². The molecule has 0 radical (unpaired) electrons. The number of nitrogens with two attached hydrogens (primary N) is 1. The number of likely N-dealkylation sites (tertiary alicyclic amines) is 1. The Morgan fingerprint density at radius 2 is 2.18 bits per heavy atom. The van der Waals surface area contributed by atoms with Crippen molar-refractivity contribution in [3.05, 3.63) is 23.3 Å². The van der Waals surface area contributed by atoms with Crippen molar-refractivity contribution in [1.29, 1.82) is 0 Å². The largest absolute Gasteiger partial charge is 0.507 e. The van der Waals surface area contributed by atoms with Crippen molar-refractivity contribution in [2.45, 2.75) is 23.7 Å². The van der Waals surface area contributed by atoms with E-state index in [0.29, 0.717) is 12.4 Å². The van der Waals surface area contributed by atoms with E-state index in [1.807, 2.05) is 6.07 Å². The Morgan fingerprint density at radius 1 is 1.50 bits per heavy atom. The fourth-order valence-corrected chi connectivity index (χ4v) is 3.56. The Labute approximate surface area is 129 Å². The number of nitrogens with zero attached hydrogens (tertiary/aromatic N) is 1. The summed E-state index contributed by atoms with van der Waals surface area (Å²) in [5.74, 6) is -0.339. The molecule has 3 fully saturated rings. The molecule has 2 aliphatic heterocycles. The van der Waals surface area contributed by atoms with Gasteiger partial charge in [-0.1, -0.05) is 18.3 Å². The molecule has 1 aromatic carbocycles. The van der Waals surface area contributed by atoms with Crippen molar-refractivity contribution < 1.29 is 19.7 Å². The molecule has 116 valence electrons. The van der Waals surface area contributed by atoms with Gasteiger partial charge in [-0.05, 0) is 16.9 Å². The van der Waals surface area contributed by atoms with Crippen LogP contribution in [0.25, 0.3) is 0 Å². The normalized spacial score (nSPS) is 29.2. The number of hydrogen-bond acceptors (Lipinski definition) is 5. The van der Waals surface area contributed by atoms with Crippen LogP contribution in [-0.2, 0) is 5.31 Å². The summed E-state index contributed by atoms with van der Waals surface area (Å²) in [6.45, 7) is 2.90. The summed E-state index contributed by atoms with van der Waals surface area (Å²) in [6, 6.07) is 3.53. The van der Waals surface area contributed by atoms with E-state index < -0.39 is 5.97 Å². The van der Waals surface area contributed by atoms with Gasteiger partial charge in [0.15, 0.2) is 0 Å². The van der Waals surface area contributed by atoms with E-state index in [0.717, 1.165) is 38.9 Å². The summed E-state index contributed by atoms with van der Waals surface area (Å²) in [5, 5.41) is 19.9. The molecule has 0 bridgehead atoms. The van der Waals surface area contributed by atoms with Gasteiger partial charge in [0, 0.05) is 26.2 Å². The molecule has 3 aliphatic rings. The minimum absolute atomic E-state index is 0.0392. The highest BCUT2D eigenvalue weighted by Gasteiger charge is 2.72. The molecule has 4 rings (SSSR count). The number of carboxylic acid groups (broad SMARTS) is 1. The van der Waals surface area contributed by atoms with Gasteiger partial charge >= 0.3 is 5.97 Å². The number of phenols is 1. The molecule has 0 amide bonds. The van der Waals surface area contributed by atoms with E-state index >= 15 is 0 Å². The van der Waals surface area contributed by atoms with Crippen LogP contribution < -0.4 is 10.5 Å². The number of hydrogen-bond donors (Lipinski definition) is 3. The summed E-state index contributed by atoms with van der Waals surface area (Å²) >= 11 is 0. The van der Waals surface area contributed by atoms with Crippen LogP contribution in [0.4, 0.5) is 0 Å². The molecule has 2 saturated heterocycles. The molecule has 0 aromatic heterocycles. The molecular weight excluding hydrogens is 283 g/mol. The maximum absolute atomic E-state index is 11.5. The average molecular weight is 302 g/mol. The van der Waals surface area contributed by atoms with Crippen LogP contribution in [0.5, 0.6) is 11.5 Å². The van der Waals surface area contributed by atoms with Crippen LogP contribution in [0.15, 0.2) is 12.1 Å². The van der Waals surface area contributed by atoms with Crippen molar-refractivity contribution in [2.24, 2.45) is 5.73 Å². The molecule has 7 heteroatoms. The third-order valence-corrected chi connectivity index (χ3v) is 5.24. The van der Waals surface area contributed by atoms with Crippen LogP contribution in [0.3, 0.4) is 0 Å². The van der Waals surface area contributed by atoms with Gasteiger partial charge in [-0.3, -0.25) is 4.90 Å². The van der Waals surface area contributed by atoms with Gasteiger partial charge in [0.1, 0.15) is 30.4 Å². The lowest BCUT2D eigenvalue weighted by atomic mass is 9.76. The third-order valence-electron chi connectivity index (χ3n) is 5.24. The first kappa shape index (κ1) is 13.9. The summed E-state index contributed by atoms with van der Waals surface area (Å²) < 4.78 is 5.78. The lowest BCUT2D eigenvalue weighted by Crippen LogP contribution is -2.55. The molecular formula is C15H19BN2O4. The number of carboxylic acids is 1. The molecule has 1 saturated carbocycles. The van der Waals surface area contributed by atoms with Gasteiger partial charge < -0.3 is 20.7 Å². The first-order valence-electron chi connectivity index (χ1n) is 7.74. The zero-order valence-electron chi connectivity index (χ0n) is 12.3.